The van der Waals surface area contributed by atoms with Crippen LogP contribution in [0.5, 0.6) is 0 Å². The van der Waals surface area contributed by atoms with Gasteiger partial charge in [0.25, 0.3) is 0 Å². The first-order chi connectivity index (χ1) is 21.7. The Morgan fingerprint density at radius 2 is 1.76 bits per heavy atom. The number of carboxylic acid groups (broad SMARTS) is 2. The van der Waals surface area contributed by atoms with Gasteiger partial charge in [0.1, 0.15) is 5.52 Å². The summed E-state index contributed by atoms with van der Waals surface area (Å²) in [5, 5.41) is 29.4. The molecule has 1 amide bonds. The minimum Gasteiger partial charge on any atom is -0.481 e. The maximum Gasteiger partial charge on any atom is 0.307 e. The zero-order chi connectivity index (χ0) is 31.9. The van der Waals surface area contributed by atoms with Crippen molar-refractivity contribution in [1.82, 2.24) is 9.88 Å². The fraction of sp³-hybridized carbons (Fsp3) is 0.229. The largest absolute Gasteiger partial charge is 0.481 e. The Hall–Kier alpha value is -5.27. The number of carboxylic acids is 2. The van der Waals surface area contributed by atoms with Gasteiger partial charge in [-0.15, -0.1) is 11.3 Å². The van der Waals surface area contributed by atoms with Crippen LogP contribution in [0.1, 0.15) is 54.0 Å². The highest BCUT2D eigenvalue weighted by Gasteiger charge is 2.32. The molecule has 0 radical (unpaired) electrons. The lowest BCUT2D eigenvalue weighted by molar-refractivity contribution is -0.151. The Balaban J connectivity index is 1.49. The van der Waals surface area contributed by atoms with E-state index in [1.807, 2.05) is 79.7 Å². The van der Waals surface area contributed by atoms with Crippen LogP contribution in [0.15, 0.2) is 89.4 Å². The van der Waals surface area contributed by atoms with Gasteiger partial charge < -0.3 is 19.5 Å². The van der Waals surface area contributed by atoms with E-state index in [0.29, 0.717) is 23.5 Å². The highest BCUT2D eigenvalue weighted by molar-refractivity contribution is 7.19. The first-order valence-corrected chi connectivity index (χ1v) is 15.3. The second-order valence-corrected chi connectivity index (χ2v) is 12.0. The topological polar surface area (TPSA) is 145 Å². The molecule has 2 heterocycles. The highest BCUT2D eigenvalue weighted by atomic mass is 32.1. The van der Waals surface area contributed by atoms with E-state index in [1.165, 1.54) is 0 Å². The van der Waals surface area contributed by atoms with Crippen molar-refractivity contribution in [3.8, 4) is 6.07 Å². The monoisotopic (exact) mass is 621 g/mol. The minimum absolute atomic E-state index is 0.223. The van der Waals surface area contributed by atoms with Crippen molar-refractivity contribution in [1.29, 1.82) is 5.26 Å². The van der Waals surface area contributed by atoms with Crippen LogP contribution in [0, 0.1) is 17.2 Å². The number of oxazole rings is 1. The predicted molar refractivity (Wildman–Crippen MR) is 171 cm³/mol. The van der Waals surface area contributed by atoms with Crippen LogP contribution < -0.4 is 0 Å². The number of nitriles is 1. The van der Waals surface area contributed by atoms with Crippen molar-refractivity contribution in [2.45, 2.75) is 44.7 Å². The van der Waals surface area contributed by atoms with Crippen LogP contribution in [0.3, 0.4) is 0 Å². The molecule has 0 aliphatic heterocycles. The van der Waals surface area contributed by atoms with Crippen molar-refractivity contribution in [2.75, 3.05) is 0 Å². The molecule has 0 saturated carbocycles. The Kier molecular flexibility index (Phi) is 9.70. The number of allylic oxidation sites excluding steroid dienone is 1. The number of hydrogen-bond acceptors (Lipinski definition) is 7. The van der Waals surface area contributed by atoms with Crippen LogP contribution in [0.25, 0.3) is 27.3 Å². The fourth-order valence-electron chi connectivity index (χ4n) is 5.44. The molecule has 0 bridgehead atoms. The van der Waals surface area contributed by atoms with E-state index >= 15 is 0 Å². The first-order valence-electron chi connectivity index (χ1n) is 14.5. The molecule has 3 atom stereocenters. The first kappa shape index (κ1) is 31.2. The summed E-state index contributed by atoms with van der Waals surface area (Å²) in [4.78, 5) is 44.3. The average molecular weight is 622 g/mol. The number of carbonyl (C=O) groups excluding carboxylic acids is 1. The summed E-state index contributed by atoms with van der Waals surface area (Å²) in [6.45, 7) is 2.13. The van der Waals surface area contributed by atoms with Crippen LogP contribution in [0.4, 0.5) is 0 Å². The summed E-state index contributed by atoms with van der Waals surface area (Å²) in [7, 11) is 0. The van der Waals surface area contributed by atoms with E-state index in [-0.39, 0.29) is 12.5 Å². The molecule has 2 N–H and O–H groups in total. The Labute approximate surface area is 263 Å². The fourth-order valence-corrected chi connectivity index (χ4v) is 6.50. The number of fused-ring (bicyclic) bond motifs is 2. The lowest BCUT2D eigenvalue weighted by Gasteiger charge is -2.35. The molecule has 0 aliphatic rings. The summed E-state index contributed by atoms with van der Waals surface area (Å²) < 4.78 is 6.90. The highest BCUT2D eigenvalue weighted by Crippen LogP contribution is 2.33. The summed E-state index contributed by atoms with van der Waals surface area (Å²) >= 11 is 1.55. The van der Waals surface area contributed by atoms with E-state index in [1.54, 1.807) is 34.4 Å². The van der Waals surface area contributed by atoms with Gasteiger partial charge in [0.2, 0.25) is 11.8 Å². The molecule has 0 spiro atoms. The summed E-state index contributed by atoms with van der Waals surface area (Å²) in [5.74, 6) is -4.24. The lowest BCUT2D eigenvalue weighted by atomic mass is 9.87. The molecular weight excluding hydrogens is 590 g/mol. The molecule has 3 aromatic carbocycles. The second-order valence-electron chi connectivity index (χ2n) is 10.8. The number of benzene rings is 3. The second kappa shape index (κ2) is 14.0. The maximum atomic E-state index is 13.9. The third-order valence-electron chi connectivity index (χ3n) is 7.82. The van der Waals surface area contributed by atoms with Gasteiger partial charge in [-0.25, -0.2) is 4.98 Å². The Bertz CT molecular complexity index is 1840. The molecule has 9 nitrogen and oxygen atoms in total. The molecule has 0 aliphatic carbocycles. The van der Waals surface area contributed by atoms with Crippen LogP contribution in [0.2, 0.25) is 0 Å². The van der Waals surface area contributed by atoms with Gasteiger partial charge in [0.15, 0.2) is 5.58 Å². The van der Waals surface area contributed by atoms with Crippen molar-refractivity contribution in [2.24, 2.45) is 5.92 Å². The summed E-state index contributed by atoms with van der Waals surface area (Å²) in [6, 6.07) is 26.2. The number of thiophene rings is 1. The Morgan fingerprint density at radius 1 is 1.02 bits per heavy atom. The molecule has 0 fully saturated rings. The quantitative estimate of drug-likeness (QED) is 0.142. The molecule has 0 saturated heterocycles. The number of aliphatic carboxylic acids is 2. The molecule has 228 valence electrons. The van der Waals surface area contributed by atoms with E-state index in [2.05, 4.69) is 11.1 Å². The smallest absolute Gasteiger partial charge is 0.307 e. The van der Waals surface area contributed by atoms with Crippen LogP contribution in [-0.2, 0) is 20.9 Å². The van der Waals surface area contributed by atoms with Crippen LogP contribution >= 0.6 is 11.3 Å². The van der Waals surface area contributed by atoms with Gasteiger partial charge in [0.05, 0.1) is 30.5 Å². The predicted octanol–water partition coefficient (Wildman–Crippen LogP) is 7.08. The van der Waals surface area contributed by atoms with Crippen molar-refractivity contribution >= 4 is 56.4 Å². The number of carbonyl (C=O) groups is 3. The zero-order valence-electron chi connectivity index (χ0n) is 24.5. The normalized spacial score (nSPS) is 13.4. The number of rotatable bonds is 13. The minimum atomic E-state index is -1.36. The standard InChI is InChI=1S/C35H31N3O6S/c1-22(28(24-15-13-23(20-36)14-16-24)8-6-12-32-37-29-9-3-4-10-30(29)44-32)38(33(39)18-26(35(42)43)19-34(40)41)21-27-17-25-7-2-5-11-31(25)45-27/h2-7,9-17,22,26,28H,8,18-19,21H2,1H3,(H,40,41)(H,42,43)/b12-6+. The molecule has 10 heteroatoms. The number of amides is 1. The van der Waals surface area contributed by atoms with Crippen molar-refractivity contribution in [3.63, 3.8) is 0 Å². The molecule has 45 heavy (non-hydrogen) atoms. The van der Waals surface area contributed by atoms with Gasteiger partial charge in [0, 0.05) is 28.0 Å². The summed E-state index contributed by atoms with van der Waals surface area (Å²) in [6.07, 6.45) is 3.08. The Morgan fingerprint density at radius 3 is 2.44 bits per heavy atom. The van der Waals surface area contributed by atoms with E-state index in [0.717, 1.165) is 26.0 Å². The molecular formula is C35H31N3O6S. The average Bonchev–Trinajstić information content (AvgIpc) is 3.64. The molecule has 2 aromatic heterocycles. The van der Waals surface area contributed by atoms with E-state index in [9.17, 15) is 29.9 Å². The van der Waals surface area contributed by atoms with E-state index < -0.39 is 42.6 Å². The lowest BCUT2D eigenvalue weighted by Crippen LogP contribution is -2.42. The number of aromatic nitrogens is 1. The third kappa shape index (κ3) is 7.63. The van der Waals surface area contributed by atoms with Gasteiger partial charge in [-0.3, -0.25) is 14.4 Å². The third-order valence-corrected chi connectivity index (χ3v) is 8.92. The van der Waals surface area contributed by atoms with Gasteiger partial charge >= 0.3 is 11.9 Å². The van der Waals surface area contributed by atoms with Gasteiger partial charge in [-0.1, -0.05) is 48.5 Å². The zero-order valence-corrected chi connectivity index (χ0v) is 25.3. The maximum absolute atomic E-state index is 13.9. The van der Waals surface area contributed by atoms with Gasteiger partial charge in [-0.05, 0) is 66.8 Å². The van der Waals surface area contributed by atoms with Crippen LogP contribution in [-0.4, -0.2) is 44.0 Å². The molecule has 5 rings (SSSR count). The van der Waals surface area contributed by atoms with Gasteiger partial charge in [-0.2, -0.15) is 5.26 Å². The number of para-hydroxylation sites is 2. The number of hydrogen-bond donors (Lipinski definition) is 2. The SMILES string of the molecule is CC(C(C/C=C/c1nc2ccccc2o1)c1ccc(C#N)cc1)N(Cc1cc2ccccc2s1)C(=O)CC(CC(=O)O)C(=O)O. The van der Waals surface area contributed by atoms with Crippen molar-refractivity contribution < 1.29 is 29.0 Å². The van der Waals surface area contributed by atoms with E-state index in [4.69, 9.17) is 4.42 Å². The molecule has 5 aromatic rings. The number of nitrogens with zero attached hydrogens (tertiary/aromatic N) is 3. The molecule has 3 unspecified atom stereocenters. The summed E-state index contributed by atoms with van der Waals surface area (Å²) in [5.41, 5.74) is 2.80. The van der Waals surface area contributed by atoms with Crippen molar-refractivity contribution in [3.05, 3.63) is 107 Å².